The molecule has 0 spiro atoms. The van der Waals surface area contributed by atoms with Gasteiger partial charge < -0.3 is 19.0 Å². The monoisotopic (exact) mass is 372 g/mol. The van der Waals surface area contributed by atoms with Gasteiger partial charge in [0, 0.05) is 0 Å². The van der Waals surface area contributed by atoms with Crippen molar-refractivity contribution in [3.63, 3.8) is 0 Å². The fourth-order valence-corrected chi connectivity index (χ4v) is 2.66. The number of carbonyl (C=O) groups is 2. The Morgan fingerprint density at radius 1 is 1.20 bits per heavy atom. The van der Waals surface area contributed by atoms with Crippen LogP contribution in [0, 0.1) is 0 Å². The van der Waals surface area contributed by atoms with Crippen molar-refractivity contribution in [3.05, 3.63) is 24.2 Å². The fourth-order valence-electron chi connectivity index (χ4n) is 1.64. The van der Waals surface area contributed by atoms with Crippen LogP contribution < -0.4 is 19.5 Å². The summed E-state index contributed by atoms with van der Waals surface area (Å²) in [5.74, 6) is -2.61. The van der Waals surface area contributed by atoms with Gasteiger partial charge >= 0.3 is 12.0 Å². The molecule has 0 aliphatic heterocycles. The molecular weight excluding hydrogens is 360 g/mol. The minimum absolute atomic E-state index is 0.0630. The van der Waals surface area contributed by atoms with E-state index in [-0.39, 0.29) is 17.7 Å². The lowest BCUT2D eigenvalue weighted by Gasteiger charge is -2.09. The second-order valence-electron chi connectivity index (χ2n) is 4.26. The lowest BCUT2D eigenvalue weighted by molar-refractivity contribution is 0.0656. The highest BCUT2D eigenvalue weighted by Gasteiger charge is 2.27. The van der Waals surface area contributed by atoms with Crippen LogP contribution in [0.5, 0.6) is 11.8 Å². The first kappa shape index (κ1) is 18.0. The van der Waals surface area contributed by atoms with Gasteiger partial charge in [0.15, 0.2) is 0 Å². The molecule has 0 aromatic carbocycles. The number of carboxylic acids is 1. The number of rotatable bonds is 6. The molecule has 0 fully saturated rings. The molecule has 0 saturated heterocycles. The van der Waals surface area contributed by atoms with Crippen LogP contribution in [0.1, 0.15) is 10.6 Å². The van der Waals surface area contributed by atoms with E-state index in [1.807, 2.05) is 0 Å². The second kappa shape index (κ2) is 7.04. The van der Waals surface area contributed by atoms with Crippen molar-refractivity contribution in [2.75, 3.05) is 19.5 Å². The van der Waals surface area contributed by atoms with Crippen LogP contribution in [0.2, 0.25) is 0 Å². The number of methoxy groups -OCH3 is 2. The topological polar surface area (TPSA) is 170 Å². The highest BCUT2D eigenvalue weighted by atomic mass is 32.2. The first-order chi connectivity index (χ1) is 11.8. The SMILES string of the molecule is COc1cc(OC)nc(NC(=O)NS(=O)(=O)c2ccoc2C(=O)O)n1. The Hall–Kier alpha value is -3.35. The largest absolute Gasteiger partial charge is 0.481 e. The Bertz CT molecular complexity index is 885. The molecule has 2 heterocycles. The molecule has 0 atom stereocenters. The molecule has 0 saturated carbocycles. The van der Waals surface area contributed by atoms with E-state index < -0.39 is 32.7 Å². The highest BCUT2D eigenvalue weighted by molar-refractivity contribution is 7.90. The number of hydrogen-bond acceptors (Lipinski definition) is 9. The minimum Gasteiger partial charge on any atom is -0.481 e. The van der Waals surface area contributed by atoms with Crippen molar-refractivity contribution in [2.24, 2.45) is 0 Å². The number of ether oxygens (including phenoxy) is 2. The van der Waals surface area contributed by atoms with Gasteiger partial charge in [-0.05, 0) is 6.07 Å². The number of carbonyl (C=O) groups excluding carboxylic acids is 1. The quantitative estimate of drug-likeness (QED) is 0.640. The van der Waals surface area contributed by atoms with Crippen molar-refractivity contribution in [1.29, 1.82) is 0 Å². The summed E-state index contributed by atoms with van der Waals surface area (Å²) < 4.78 is 40.1. The maximum atomic E-state index is 12.1. The van der Waals surface area contributed by atoms with Gasteiger partial charge in [-0.3, -0.25) is 5.32 Å². The molecule has 25 heavy (non-hydrogen) atoms. The molecule has 2 aromatic heterocycles. The lowest BCUT2D eigenvalue weighted by atomic mass is 10.5. The molecular formula is C12H12N4O8S. The van der Waals surface area contributed by atoms with Crippen molar-refractivity contribution in [3.8, 4) is 11.8 Å². The Labute approximate surface area is 140 Å². The summed E-state index contributed by atoms with van der Waals surface area (Å²) in [5.41, 5.74) is 0. The molecule has 0 aliphatic carbocycles. The normalized spacial score (nSPS) is 10.8. The minimum atomic E-state index is -4.50. The number of urea groups is 1. The van der Waals surface area contributed by atoms with Crippen LogP contribution in [0.15, 0.2) is 27.7 Å². The second-order valence-corrected chi connectivity index (χ2v) is 5.91. The zero-order valence-corrected chi connectivity index (χ0v) is 13.7. The van der Waals surface area contributed by atoms with E-state index in [1.54, 1.807) is 4.72 Å². The Morgan fingerprint density at radius 2 is 1.80 bits per heavy atom. The van der Waals surface area contributed by atoms with Crippen LogP contribution in [0.4, 0.5) is 10.7 Å². The third kappa shape index (κ3) is 4.14. The van der Waals surface area contributed by atoms with Gasteiger partial charge in [-0.15, -0.1) is 0 Å². The summed E-state index contributed by atoms with van der Waals surface area (Å²) in [6.45, 7) is 0. The van der Waals surface area contributed by atoms with Gasteiger partial charge in [-0.25, -0.2) is 22.7 Å². The molecule has 3 N–H and O–H groups in total. The van der Waals surface area contributed by atoms with E-state index in [2.05, 4.69) is 19.7 Å². The summed E-state index contributed by atoms with van der Waals surface area (Å²) in [7, 11) is -1.85. The summed E-state index contributed by atoms with van der Waals surface area (Å²) in [4.78, 5) is 29.6. The number of furan rings is 1. The number of aromatic nitrogens is 2. The molecule has 0 unspecified atom stereocenters. The molecule has 2 aromatic rings. The van der Waals surface area contributed by atoms with Crippen molar-refractivity contribution >= 4 is 28.0 Å². The molecule has 2 amide bonds. The third-order valence-electron chi connectivity index (χ3n) is 2.66. The number of amides is 2. The van der Waals surface area contributed by atoms with Crippen molar-refractivity contribution in [1.82, 2.24) is 14.7 Å². The maximum Gasteiger partial charge on any atom is 0.373 e. The van der Waals surface area contributed by atoms with E-state index in [1.165, 1.54) is 20.3 Å². The molecule has 13 heteroatoms. The average molecular weight is 372 g/mol. The number of anilines is 1. The summed E-state index contributed by atoms with van der Waals surface area (Å²) >= 11 is 0. The predicted molar refractivity (Wildman–Crippen MR) is 80.1 cm³/mol. The fraction of sp³-hybridized carbons (Fsp3) is 0.167. The summed E-state index contributed by atoms with van der Waals surface area (Å²) in [6, 6.07) is 1.00. The Morgan fingerprint density at radius 3 is 2.32 bits per heavy atom. The van der Waals surface area contributed by atoms with Crippen LogP contribution in [0.25, 0.3) is 0 Å². The van der Waals surface area contributed by atoms with Crippen LogP contribution in [-0.4, -0.2) is 49.7 Å². The third-order valence-corrected chi connectivity index (χ3v) is 4.02. The zero-order chi connectivity index (χ0) is 18.6. The van der Waals surface area contributed by atoms with Crippen LogP contribution in [-0.2, 0) is 10.0 Å². The van der Waals surface area contributed by atoms with Gasteiger partial charge in [-0.1, -0.05) is 0 Å². The molecule has 2 rings (SSSR count). The van der Waals surface area contributed by atoms with Crippen LogP contribution >= 0.6 is 0 Å². The van der Waals surface area contributed by atoms with E-state index in [0.717, 1.165) is 12.3 Å². The maximum absolute atomic E-state index is 12.1. The first-order valence-electron chi connectivity index (χ1n) is 6.38. The number of carboxylic acid groups (broad SMARTS) is 1. The Balaban J connectivity index is 2.19. The number of nitrogens with zero attached hydrogens (tertiary/aromatic N) is 2. The van der Waals surface area contributed by atoms with Gasteiger partial charge in [0.2, 0.25) is 23.5 Å². The number of nitrogens with one attached hydrogen (secondary N) is 2. The zero-order valence-electron chi connectivity index (χ0n) is 12.8. The predicted octanol–water partition coefficient (Wildman–Crippen LogP) is 0.295. The smallest absolute Gasteiger partial charge is 0.373 e. The molecule has 134 valence electrons. The molecule has 0 aliphatic rings. The molecule has 0 bridgehead atoms. The van der Waals surface area contributed by atoms with E-state index in [4.69, 9.17) is 14.6 Å². The molecule has 0 radical (unpaired) electrons. The van der Waals surface area contributed by atoms with E-state index in [9.17, 15) is 18.0 Å². The summed E-state index contributed by atoms with van der Waals surface area (Å²) in [5, 5.41) is 10.9. The van der Waals surface area contributed by atoms with Crippen molar-refractivity contribution in [2.45, 2.75) is 4.90 Å². The van der Waals surface area contributed by atoms with Gasteiger partial charge in [0.25, 0.3) is 10.0 Å². The van der Waals surface area contributed by atoms with Gasteiger partial charge in [0.05, 0.1) is 26.5 Å². The standard InChI is InChI=1S/C12H12N4O8S/c1-22-7-5-8(23-2)14-11(13-7)15-12(19)16-25(20,21)6-3-4-24-9(6)10(17)18/h3-5H,1-2H3,(H,17,18)(H2,13,14,15,16,19). The van der Waals surface area contributed by atoms with Crippen molar-refractivity contribution < 1.29 is 37.0 Å². The first-order valence-corrected chi connectivity index (χ1v) is 7.86. The van der Waals surface area contributed by atoms with Gasteiger partial charge in [-0.2, -0.15) is 9.97 Å². The highest BCUT2D eigenvalue weighted by Crippen LogP contribution is 2.18. The van der Waals surface area contributed by atoms with Gasteiger partial charge in [0.1, 0.15) is 4.90 Å². The average Bonchev–Trinajstić information content (AvgIpc) is 3.04. The number of aromatic carboxylic acids is 1. The van der Waals surface area contributed by atoms with Crippen LogP contribution in [0.3, 0.4) is 0 Å². The lowest BCUT2D eigenvalue weighted by Crippen LogP contribution is -2.35. The molecule has 12 nitrogen and oxygen atoms in total. The van der Waals surface area contributed by atoms with E-state index in [0.29, 0.717) is 0 Å². The van der Waals surface area contributed by atoms with E-state index >= 15 is 0 Å². The number of hydrogen-bond donors (Lipinski definition) is 3. The summed E-state index contributed by atoms with van der Waals surface area (Å²) in [6.07, 6.45) is 0.867. The Kier molecular flexibility index (Phi) is 5.07. The number of sulfonamides is 1.